The maximum absolute atomic E-state index is 2.33. The topological polar surface area (TPSA) is 0 Å². The van der Waals surface area contributed by atoms with Crippen LogP contribution in [0.25, 0.3) is 0 Å². The third-order valence-corrected chi connectivity index (χ3v) is 5.61. The molecule has 0 aliphatic heterocycles. The zero-order valence-corrected chi connectivity index (χ0v) is 12.2. The minimum absolute atomic E-state index is 0.850. The van der Waals surface area contributed by atoms with Gasteiger partial charge in [0.2, 0.25) is 0 Å². The second-order valence-corrected chi connectivity index (χ2v) is 6.77. The molecule has 0 amide bonds. The lowest BCUT2D eigenvalue weighted by atomic mass is 9.72. The van der Waals surface area contributed by atoms with Gasteiger partial charge in [-0.3, -0.25) is 0 Å². The molecule has 0 heterocycles. The van der Waals surface area contributed by atoms with Crippen LogP contribution < -0.4 is 0 Å². The van der Waals surface area contributed by atoms with Gasteiger partial charge in [0.15, 0.2) is 0 Å². The van der Waals surface area contributed by atoms with Gasteiger partial charge in [-0.2, -0.15) is 0 Å². The molecule has 0 N–H and O–H groups in total. The molecule has 0 bridgehead atoms. The van der Waals surface area contributed by atoms with Crippen molar-refractivity contribution in [3.8, 4) is 0 Å². The maximum atomic E-state index is 2.33. The normalized spacial score (nSPS) is 29.9. The number of hydrogen-bond donors (Lipinski definition) is 0. The van der Waals surface area contributed by atoms with E-state index in [1.807, 2.05) is 0 Å². The minimum Gasteiger partial charge on any atom is -0.0622 e. The summed E-state index contributed by atoms with van der Waals surface area (Å²) in [5, 5.41) is 0. The molecule has 0 atom stereocenters. The molecule has 104 valence electrons. The van der Waals surface area contributed by atoms with E-state index in [2.05, 4.69) is 30.3 Å². The summed E-state index contributed by atoms with van der Waals surface area (Å²) in [5.41, 5.74) is 1.59. The van der Waals surface area contributed by atoms with Crippen LogP contribution in [0.15, 0.2) is 30.3 Å². The van der Waals surface area contributed by atoms with E-state index in [0.29, 0.717) is 0 Å². The molecule has 0 unspecified atom stereocenters. The van der Waals surface area contributed by atoms with Crippen LogP contribution >= 0.6 is 0 Å². The van der Waals surface area contributed by atoms with E-state index in [1.165, 1.54) is 64.2 Å². The fourth-order valence-electron chi connectivity index (χ4n) is 4.43. The summed E-state index contributed by atoms with van der Waals surface area (Å²) < 4.78 is 0. The monoisotopic (exact) mass is 256 g/mol. The van der Waals surface area contributed by atoms with Crippen LogP contribution in [0.1, 0.15) is 75.7 Å². The molecule has 19 heavy (non-hydrogen) atoms. The fourth-order valence-corrected chi connectivity index (χ4v) is 4.43. The highest BCUT2D eigenvalue weighted by Gasteiger charge is 2.28. The Labute approximate surface area is 118 Å². The van der Waals surface area contributed by atoms with Crippen molar-refractivity contribution in [2.45, 2.75) is 70.1 Å². The molecule has 0 nitrogen and oxygen atoms in total. The van der Waals surface area contributed by atoms with Crippen molar-refractivity contribution in [2.75, 3.05) is 0 Å². The fraction of sp³-hybridized carbons (Fsp3) is 0.684. The van der Waals surface area contributed by atoms with Crippen molar-refractivity contribution in [1.29, 1.82) is 0 Å². The molecule has 0 spiro atoms. The van der Waals surface area contributed by atoms with Crippen LogP contribution in [-0.4, -0.2) is 0 Å². The molecule has 0 heteroatoms. The lowest BCUT2D eigenvalue weighted by Gasteiger charge is -2.34. The highest BCUT2D eigenvalue weighted by atomic mass is 14.3. The summed E-state index contributed by atoms with van der Waals surface area (Å²) in [6, 6.07) is 11.2. The first-order valence-corrected chi connectivity index (χ1v) is 8.48. The lowest BCUT2D eigenvalue weighted by molar-refractivity contribution is 0.213. The predicted molar refractivity (Wildman–Crippen MR) is 82.3 cm³/mol. The van der Waals surface area contributed by atoms with Crippen LogP contribution in [0.2, 0.25) is 0 Å². The van der Waals surface area contributed by atoms with E-state index < -0.39 is 0 Å². The van der Waals surface area contributed by atoms with Gasteiger partial charge in [-0.25, -0.2) is 0 Å². The molecule has 3 rings (SSSR count). The highest BCUT2D eigenvalue weighted by molar-refractivity contribution is 5.19. The van der Waals surface area contributed by atoms with E-state index in [1.54, 1.807) is 5.56 Å². The Morgan fingerprint density at radius 3 is 1.79 bits per heavy atom. The third-order valence-electron chi connectivity index (χ3n) is 5.61. The lowest BCUT2D eigenvalue weighted by Crippen LogP contribution is -2.20. The number of benzene rings is 1. The first-order valence-electron chi connectivity index (χ1n) is 8.48. The molecule has 1 aromatic carbocycles. The summed E-state index contributed by atoms with van der Waals surface area (Å²) in [5.74, 6) is 2.97. The van der Waals surface area contributed by atoms with E-state index in [9.17, 15) is 0 Å². The molecule has 2 saturated carbocycles. The van der Waals surface area contributed by atoms with Crippen LogP contribution in [0.3, 0.4) is 0 Å². The van der Waals surface area contributed by atoms with Crippen molar-refractivity contribution < 1.29 is 0 Å². The van der Waals surface area contributed by atoms with Gasteiger partial charge in [0.25, 0.3) is 0 Å². The van der Waals surface area contributed by atoms with Crippen LogP contribution in [0.5, 0.6) is 0 Å². The Morgan fingerprint density at radius 1 is 0.579 bits per heavy atom. The first kappa shape index (κ1) is 13.2. The zero-order chi connectivity index (χ0) is 12.9. The Balaban J connectivity index is 1.54. The van der Waals surface area contributed by atoms with E-state index in [-0.39, 0.29) is 0 Å². The largest absolute Gasteiger partial charge is 0.0622 e. The van der Waals surface area contributed by atoms with Gasteiger partial charge in [0, 0.05) is 0 Å². The van der Waals surface area contributed by atoms with E-state index in [0.717, 1.165) is 17.8 Å². The SMILES string of the molecule is c1ccc(C2CCC(C3CCCCCC3)CC2)cc1. The third kappa shape index (κ3) is 3.41. The average Bonchev–Trinajstić information content (AvgIpc) is 2.77. The van der Waals surface area contributed by atoms with Gasteiger partial charge in [-0.15, -0.1) is 0 Å². The van der Waals surface area contributed by atoms with Crippen LogP contribution in [0.4, 0.5) is 0 Å². The highest BCUT2D eigenvalue weighted by Crippen LogP contribution is 2.42. The van der Waals surface area contributed by atoms with Gasteiger partial charge in [-0.05, 0) is 49.0 Å². The molecule has 2 aliphatic rings. The van der Waals surface area contributed by atoms with Gasteiger partial charge < -0.3 is 0 Å². The number of hydrogen-bond acceptors (Lipinski definition) is 0. The molecule has 0 radical (unpaired) electrons. The van der Waals surface area contributed by atoms with Crippen LogP contribution in [-0.2, 0) is 0 Å². The van der Waals surface area contributed by atoms with Crippen molar-refractivity contribution in [3.05, 3.63) is 35.9 Å². The van der Waals surface area contributed by atoms with Crippen molar-refractivity contribution >= 4 is 0 Å². The molecular weight excluding hydrogens is 228 g/mol. The molecule has 2 aliphatic carbocycles. The Bertz CT molecular complexity index is 351. The van der Waals surface area contributed by atoms with Gasteiger partial charge in [0.05, 0.1) is 0 Å². The van der Waals surface area contributed by atoms with Gasteiger partial charge in [0.1, 0.15) is 0 Å². The molecular formula is C19H28. The van der Waals surface area contributed by atoms with E-state index >= 15 is 0 Å². The molecule has 0 saturated heterocycles. The smallest absolute Gasteiger partial charge is 0.0162 e. The standard InChI is InChI=1S/C19H28/c1-2-5-9-16(8-4-1)18-12-14-19(15-13-18)17-10-6-3-7-11-17/h3,6-7,10-11,16,18-19H,1-2,4-5,8-9,12-15H2. The zero-order valence-electron chi connectivity index (χ0n) is 12.2. The summed E-state index contributed by atoms with van der Waals surface area (Å²) in [6.07, 6.45) is 14.9. The second kappa shape index (κ2) is 6.59. The van der Waals surface area contributed by atoms with Gasteiger partial charge in [-0.1, -0.05) is 68.9 Å². The predicted octanol–water partition coefficient (Wildman–Crippen LogP) is 5.93. The molecule has 0 aromatic heterocycles. The Hall–Kier alpha value is -0.780. The van der Waals surface area contributed by atoms with Crippen molar-refractivity contribution in [3.63, 3.8) is 0 Å². The molecule has 1 aromatic rings. The average molecular weight is 256 g/mol. The molecule has 2 fully saturated rings. The van der Waals surface area contributed by atoms with Gasteiger partial charge >= 0.3 is 0 Å². The second-order valence-electron chi connectivity index (χ2n) is 6.77. The summed E-state index contributed by atoms with van der Waals surface area (Å²) in [6.45, 7) is 0. The van der Waals surface area contributed by atoms with E-state index in [4.69, 9.17) is 0 Å². The summed E-state index contributed by atoms with van der Waals surface area (Å²) in [7, 11) is 0. The van der Waals surface area contributed by atoms with Crippen molar-refractivity contribution in [1.82, 2.24) is 0 Å². The quantitative estimate of drug-likeness (QED) is 0.575. The minimum atomic E-state index is 0.850. The first-order chi connectivity index (χ1) is 9.43. The number of rotatable bonds is 2. The summed E-state index contributed by atoms with van der Waals surface area (Å²) >= 11 is 0. The maximum Gasteiger partial charge on any atom is -0.0162 e. The van der Waals surface area contributed by atoms with Crippen molar-refractivity contribution in [2.24, 2.45) is 11.8 Å². The van der Waals surface area contributed by atoms with Crippen LogP contribution in [0, 0.1) is 11.8 Å². The Kier molecular flexibility index (Phi) is 4.58. The summed E-state index contributed by atoms with van der Waals surface area (Å²) in [4.78, 5) is 0. The Morgan fingerprint density at radius 2 is 1.16 bits per heavy atom.